The lowest BCUT2D eigenvalue weighted by molar-refractivity contribution is 0.0818. The van der Waals surface area contributed by atoms with Gasteiger partial charge in [0, 0.05) is 68.3 Å². The number of nitrogens with zero attached hydrogens (tertiary/aromatic N) is 5. The molecule has 1 saturated heterocycles. The number of pyridine rings is 1. The van der Waals surface area contributed by atoms with Crippen molar-refractivity contribution in [2.45, 2.75) is 45.3 Å². The van der Waals surface area contributed by atoms with Gasteiger partial charge in [0.2, 0.25) is 0 Å². The number of anilines is 3. The minimum absolute atomic E-state index is 0.322. The van der Waals surface area contributed by atoms with Crippen molar-refractivity contribution in [2.75, 3.05) is 42.8 Å². The molecule has 0 aliphatic carbocycles. The summed E-state index contributed by atoms with van der Waals surface area (Å²) in [7, 11) is 3.75. The largest absolute Gasteiger partial charge is 0.388 e. The highest BCUT2D eigenvalue weighted by molar-refractivity contribution is 5.96. The first-order valence-electron chi connectivity index (χ1n) is 14.1. The molecule has 6 rings (SSSR count). The zero-order valence-corrected chi connectivity index (χ0v) is 23.7. The molecule has 0 saturated carbocycles. The van der Waals surface area contributed by atoms with Crippen LogP contribution in [0.4, 0.5) is 17.3 Å². The van der Waals surface area contributed by atoms with Crippen molar-refractivity contribution in [3.8, 4) is 11.3 Å². The average Bonchev–Trinajstić information content (AvgIpc) is 3.44. The van der Waals surface area contributed by atoms with Gasteiger partial charge in [0.05, 0.1) is 18.0 Å². The second kappa shape index (κ2) is 11.1. The monoisotopic (exact) mass is 535 g/mol. The Hall–Kier alpha value is -4.17. The molecule has 3 aromatic heterocycles. The van der Waals surface area contributed by atoms with Crippen LogP contribution in [0.25, 0.3) is 27.7 Å². The molecule has 0 unspecified atom stereocenters. The van der Waals surface area contributed by atoms with Crippen LogP contribution in [0.5, 0.6) is 0 Å². The predicted molar refractivity (Wildman–Crippen MR) is 163 cm³/mol. The van der Waals surface area contributed by atoms with E-state index in [1.807, 2.05) is 24.0 Å². The zero-order valence-electron chi connectivity index (χ0n) is 23.7. The normalized spacial score (nSPS) is 14.4. The van der Waals surface area contributed by atoms with Crippen LogP contribution in [0.3, 0.4) is 0 Å². The topological polar surface area (TPSA) is 79.6 Å². The molecule has 206 valence electrons. The van der Waals surface area contributed by atoms with Gasteiger partial charge in [-0.2, -0.15) is 9.61 Å². The second-order valence-corrected chi connectivity index (χ2v) is 10.8. The standard InChI is InChI=1S/C32H37N7O/c1-21(2)28-20-36-39-29(18-30(37-32(28)39)38-15-12-25(40-4)13-16-38)35-19-23-7-5-6-8-26(23)31-27-10-9-24(33-3)17-22(27)11-14-34-31/h5-11,14,17-18,20-21,25,33,35H,12-13,15-16,19H2,1-4H3. The fourth-order valence-corrected chi connectivity index (χ4v) is 5.62. The Kier molecular flexibility index (Phi) is 7.26. The van der Waals surface area contributed by atoms with Gasteiger partial charge in [0.15, 0.2) is 5.65 Å². The van der Waals surface area contributed by atoms with Crippen molar-refractivity contribution in [1.82, 2.24) is 19.6 Å². The van der Waals surface area contributed by atoms with Crippen molar-refractivity contribution in [1.29, 1.82) is 0 Å². The first-order valence-corrected chi connectivity index (χ1v) is 14.1. The van der Waals surface area contributed by atoms with Crippen LogP contribution in [0.2, 0.25) is 0 Å². The summed E-state index contributed by atoms with van der Waals surface area (Å²) in [5.41, 5.74) is 6.42. The Morgan fingerprint density at radius 2 is 1.88 bits per heavy atom. The number of rotatable bonds is 8. The molecule has 2 aromatic carbocycles. The van der Waals surface area contributed by atoms with Crippen molar-refractivity contribution in [3.05, 3.63) is 78.1 Å². The molecule has 4 heterocycles. The summed E-state index contributed by atoms with van der Waals surface area (Å²) in [6.45, 7) is 6.86. The lowest BCUT2D eigenvalue weighted by atomic mass is 9.99. The van der Waals surface area contributed by atoms with E-state index in [1.54, 1.807) is 7.11 Å². The summed E-state index contributed by atoms with van der Waals surface area (Å²) in [6.07, 6.45) is 6.17. The van der Waals surface area contributed by atoms with Crippen molar-refractivity contribution in [3.63, 3.8) is 0 Å². The minimum Gasteiger partial charge on any atom is -0.388 e. The van der Waals surface area contributed by atoms with E-state index in [9.17, 15) is 0 Å². The average molecular weight is 536 g/mol. The fourth-order valence-electron chi connectivity index (χ4n) is 5.62. The molecule has 5 aromatic rings. The highest BCUT2D eigenvalue weighted by atomic mass is 16.5. The van der Waals surface area contributed by atoms with Crippen LogP contribution < -0.4 is 15.5 Å². The maximum Gasteiger partial charge on any atom is 0.163 e. The number of nitrogens with one attached hydrogen (secondary N) is 2. The van der Waals surface area contributed by atoms with Gasteiger partial charge in [-0.3, -0.25) is 4.98 Å². The number of hydrogen-bond donors (Lipinski definition) is 2. The summed E-state index contributed by atoms with van der Waals surface area (Å²) < 4.78 is 7.54. The molecule has 0 radical (unpaired) electrons. The Morgan fingerprint density at radius 3 is 2.65 bits per heavy atom. The lowest BCUT2D eigenvalue weighted by Gasteiger charge is -2.32. The summed E-state index contributed by atoms with van der Waals surface area (Å²) in [5.74, 6) is 2.24. The second-order valence-electron chi connectivity index (χ2n) is 10.8. The summed E-state index contributed by atoms with van der Waals surface area (Å²) >= 11 is 0. The van der Waals surface area contributed by atoms with E-state index >= 15 is 0 Å². The van der Waals surface area contributed by atoms with Crippen LogP contribution in [0.15, 0.2) is 67.0 Å². The Balaban J connectivity index is 1.35. The quantitative estimate of drug-likeness (QED) is 0.240. The van der Waals surface area contributed by atoms with Gasteiger partial charge in [-0.15, -0.1) is 0 Å². The van der Waals surface area contributed by atoms with Gasteiger partial charge in [-0.05, 0) is 47.9 Å². The van der Waals surface area contributed by atoms with E-state index in [0.717, 1.165) is 76.5 Å². The molecule has 1 fully saturated rings. The van der Waals surface area contributed by atoms with E-state index in [2.05, 4.69) is 84.0 Å². The predicted octanol–water partition coefficient (Wildman–Crippen LogP) is 6.34. The number of methoxy groups -OCH3 is 1. The molecule has 40 heavy (non-hydrogen) atoms. The maximum atomic E-state index is 5.60. The third-order valence-electron chi connectivity index (χ3n) is 7.99. The smallest absolute Gasteiger partial charge is 0.163 e. The van der Waals surface area contributed by atoms with Crippen molar-refractivity contribution in [2.24, 2.45) is 0 Å². The van der Waals surface area contributed by atoms with E-state index in [1.165, 1.54) is 5.56 Å². The number of aromatic nitrogens is 4. The summed E-state index contributed by atoms with van der Waals surface area (Å²) in [5, 5.41) is 14.0. The van der Waals surface area contributed by atoms with Gasteiger partial charge in [-0.25, -0.2) is 4.98 Å². The zero-order chi connectivity index (χ0) is 27.6. The van der Waals surface area contributed by atoms with Gasteiger partial charge in [0.25, 0.3) is 0 Å². The fraction of sp³-hybridized carbons (Fsp3) is 0.344. The molecular weight excluding hydrogens is 498 g/mol. The van der Waals surface area contributed by atoms with E-state index in [-0.39, 0.29) is 0 Å². The van der Waals surface area contributed by atoms with Crippen LogP contribution in [-0.2, 0) is 11.3 Å². The van der Waals surface area contributed by atoms with E-state index in [4.69, 9.17) is 19.8 Å². The van der Waals surface area contributed by atoms with Crippen LogP contribution >= 0.6 is 0 Å². The molecule has 0 spiro atoms. The summed E-state index contributed by atoms with van der Waals surface area (Å²) in [4.78, 5) is 12.3. The highest BCUT2D eigenvalue weighted by Crippen LogP contribution is 2.32. The number of ether oxygens (including phenoxy) is 1. The first kappa shape index (κ1) is 26.1. The molecule has 0 amide bonds. The molecule has 1 aliphatic rings. The molecular formula is C32H37N7O. The van der Waals surface area contributed by atoms with Crippen LogP contribution in [-0.4, -0.2) is 52.9 Å². The van der Waals surface area contributed by atoms with Crippen molar-refractivity contribution >= 4 is 33.7 Å². The molecule has 0 bridgehead atoms. The number of piperidine rings is 1. The van der Waals surface area contributed by atoms with E-state index < -0.39 is 0 Å². The minimum atomic E-state index is 0.322. The number of benzene rings is 2. The maximum absolute atomic E-state index is 5.60. The molecule has 0 atom stereocenters. The summed E-state index contributed by atoms with van der Waals surface area (Å²) in [6, 6.07) is 19.1. The van der Waals surface area contributed by atoms with Gasteiger partial charge in [0.1, 0.15) is 11.6 Å². The Bertz CT molecular complexity index is 1640. The Morgan fingerprint density at radius 1 is 1.05 bits per heavy atom. The Labute approximate surface area is 235 Å². The SMILES string of the molecule is CNc1ccc2c(-c3ccccc3CNc3cc(N4CCC(OC)CC4)nc4c(C(C)C)cnn34)nccc2c1. The third kappa shape index (κ3) is 4.95. The molecule has 1 aliphatic heterocycles. The first-order chi connectivity index (χ1) is 19.6. The highest BCUT2D eigenvalue weighted by Gasteiger charge is 2.22. The molecule has 8 nitrogen and oxygen atoms in total. The van der Waals surface area contributed by atoms with Crippen molar-refractivity contribution < 1.29 is 4.74 Å². The lowest BCUT2D eigenvalue weighted by Crippen LogP contribution is -2.37. The van der Waals surface area contributed by atoms with E-state index in [0.29, 0.717) is 18.6 Å². The number of fused-ring (bicyclic) bond motifs is 2. The van der Waals surface area contributed by atoms with Crippen LogP contribution in [0.1, 0.15) is 43.7 Å². The van der Waals surface area contributed by atoms with Crippen LogP contribution in [0, 0.1) is 0 Å². The van der Waals surface area contributed by atoms with Gasteiger partial charge in [-0.1, -0.05) is 44.2 Å². The number of hydrogen-bond acceptors (Lipinski definition) is 7. The molecule has 8 heteroatoms. The van der Waals surface area contributed by atoms with Gasteiger partial charge < -0.3 is 20.3 Å². The third-order valence-corrected chi connectivity index (χ3v) is 7.99. The van der Waals surface area contributed by atoms with Gasteiger partial charge >= 0.3 is 0 Å². The molecule has 2 N–H and O–H groups in total.